The molecule has 26 heavy (non-hydrogen) atoms. The minimum Gasteiger partial charge on any atom is -0.0713 e. The predicted octanol–water partition coefficient (Wildman–Crippen LogP) is 9.95. The third kappa shape index (κ3) is 24.2. The summed E-state index contributed by atoms with van der Waals surface area (Å²) in [5.41, 5.74) is 0. The summed E-state index contributed by atoms with van der Waals surface area (Å²) in [5.74, 6) is 0. The fourth-order valence-electron chi connectivity index (χ4n) is 3.91. The van der Waals surface area contributed by atoms with Gasteiger partial charge in [-0.15, -0.1) is 0 Å². The molecule has 0 spiro atoms. The molecule has 0 heterocycles. The van der Waals surface area contributed by atoms with E-state index >= 15 is 0 Å². The third-order valence-corrected chi connectivity index (χ3v) is 7.13. The molecule has 0 aromatic rings. The Balaban J connectivity index is 2.97. The fourth-order valence-corrected chi connectivity index (χ4v) is 4.87. The van der Waals surface area contributed by atoms with Crippen LogP contribution in [-0.4, -0.2) is 8.80 Å². The standard InChI is InChI=1S/C25H53Si/c1-4-5-6-7-8-9-10-11-12-13-14-15-16-17-18-19-20-21-22-23-24-25-26(2)3/h4-25H2,1-3H3. The van der Waals surface area contributed by atoms with Crippen LogP contribution in [0.5, 0.6) is 0 Å². The van der Waals surface area contributed by atoms with E-state index < -0.39 is 0 Å². The summed E-state index contributed by atoms with van der Waals surface area (Å²) in [6, 6.07) is 1.53. The van der Waals surface area contributed by atoms with Gasteiger partial charge in [0.1, 0.15) is 0 Å². The summed E-state index contributed by atoms with van der Waals surface area (Å²) in [7, 11) is 0.0412. The highest BCUT2D eigenvalue weighted by molar-refractivity contribution is 6.55. The van der Waals surface area contributed by atoms with Gasteiger partial charge in [0.2, 0.25) is 0 Å². The van der Waals surface area contributed by atoms with Crippen molar-refractivity contribution in [2.75, 3.05) is 0 Å². The summed E-state index contributed by atoms with van der Waals surface area (Å²) in [6.45, 7) is 7.19. The quantitative estimate of drug-likeness (QED) is 0.129. The first-order valence-corrected chi connectivity index (χ1v) is 15.3. The first kappa shape index (κ1) is 26.2. The molecule has 1 heteroatoms. The SMILES string of the molecule is CCCCCCCCCCCCCCCCCCCCCCC[Si](C)C. The molecule has 157 valence electrons. The van der Waals surface area contributed by atoms with Gasteiger partial charge in [-0.05, 0) is 0 Å². The van der Waals surface area contributed by atoms with Crippen molar-refractivity contribution in [1.82, 2.24) is 0 Å². The Bertz CT molecular complexity index is 236. The van der Waals surface area contributed by atoms with E-state index in [2.05, 4.69) is 20.0 Å². The largest absolute Gasteiger partial charge is 0.0713 e. The zero-order chi connectivity index (χ0) is 19.1. The monoisotopic (exact) mass is 381 g/mol. The van der Waals surface area contributed by atoms with Crippen molar-refractivity contribution in [3.63, 3.8) is 0 Å². The maximum Gasteiger partial charge on any atom is 0.0412 e. The molecule has 1 radical (unpaired) electrons. The zero-order valence-electron chi connectivity index (χ0n) is 19.1. The molecule has 0 unspecified atom stereocenters. The van der Waals surface area contributed by atoms with Crippen LogP contribution in [0.4, 0.5) is 0 Å². The van der Waals surface area contributed by atoms with Gasteiger partial charge < -0.3 is 0 Å². The van der Waals surface area contributed by atoms with Crippen molar-refractivity contribution >= 4 is 8.80 Å². The van der Waals surface area contributed by atoms with Crippen LogP contribution in [0.15, 0.2) is 0 Å². The van der Waals surface area contributed by atoms with E-state index in [4.69, 9.17) is 0 Å². The van der Waals surface area contributed by atoms with Crippen LogP contribution in [0, 0.1) is 0 Å². The number of unbranched alkanes of at least 4 members (excludes halogenated alkanes) is 20. The normalized spacial score (nSPS) is 11.5. The van der Waals surface area contributed by atoms with E-state index in [9.17, 15) is 0 Å². The predicted molar refractivity (Wildman–Crippen MR) is 125 cm³/mol. The van der Waals surface area contributed by atoms with Crippen molar-refractivity contribution in [1.29, 1.82) is 0 Å². The molecule has 0 aliphatic heterocycles. The molecule has 0 amide bonds. The molecular formula is C25H53Si. The van der Waals surface area contributed by atoms with Crippen LogP contribution in [0.1, 0.15) is 142 Å². The van der Waals surface area contributed by atoms with E-state index in [1.807, 2.05) is 0 Å². The van der Waals surface area contributed by atoms with Gasteiger partial charge in [0.05, 0.1) is 0 Å². The van der Waals surface area contributed by atoms with Crippen LogP contribution in [0.25, 0.3) is 0 Å². The number of hydrogen-bond donors (Lipinski definition) is 0. The van der Waals surface area contributed by atoms with Crippen LogP contribution in [0.3, 0.4) is 0 Å². The van der Waals surface area contributed by atoms with Gasteiger partial charge in [0.25, 0.3) is 0 Å². The molecule has 0 nitrogen and oxygen atoms in total. The summed E-state index contributed by atoms with van der Waals surface area (Å²) in [6.07, 6.45) is 31.2. The van der Waals surface area contributed by atoms with E-state index in [-0.39, 0.29) is 8.80 Å². The molecule has 0 aliphatic rings. The average Bonchev–Trinajstić information content (AvgIpc) is 2.62. The molecule has 0 aliphatic carbocycles. The Morgan fingerprint density at radius 3 is 0.808 bits per heavy atom. The highest BCUT2D eigenvalue weighted by Gasteiger charge is 1.97. The average molecular weight is 382 g/mol. The van der Waals surface area contributed by atoms with E-state index in [1.54, 1.807) is 0 Å². The van der Waals surface area contributed by atoms with Crippen molar-refractivity contribution in [2.45, 2.75) is 161 Å². The van der Waals surface area contributed by atoms with Crippen LogP contribution < -0.4 is 0 Å². The summed E-state index contributed by atoms with van der Waals surface area (Å²) in [5, 5.41) is 0. The Kier molecular flexibility index (Phi) is 23.5. The van der Waals surface area contributed by atoms with Gasteiger partial charge in [-0.3, -0.25) is 0 Å². The Labute approximate surface area is 169 Å². The second-order valence-corrected chi connectivity index (χ2v) is 11.9. The lowest BCUT2D eigenvalue weighted by Gasteiger charge is -2.04. The first-order valence-electron chi connectivity index (χ1n) is 12.6. The number of rotatable bonds is 22. The molecule has 0 aromatic carbocycles. The van der Waals surface area contributed by atoms with Crippen LogP contribution >= 0.6 is 0 Å². The lowest BCUT2D eigenvalue weighted by atomic mass is 10.0. The van der Waals surface area contributed by atoms with Crippen molar-refractivity contribution in [2.24, 2.45) is 0 Å². The van der Waals surface area contributed by atoms with Crippen molar-refractivity contribution in [3.8, 4) is 0 Å². The fraction of sp³-hybridized carbons (Fsp3) is 1.00. The third-order valence-electron chi connectivity index (χ3n) is 5.78. The molecule has 0 N–H and O–H groups in total. The Hall–Kier alpha value is 0.217. The van der Waals surface area contributed by atoms with Gasteiger partial charge in [-0.25, -0.2) is 0 Å². The summed E-state index contributed by atoms with van der Waals surface area (Å²) < 4.78 is 0. The Morgan fingerprint density at radius 2 is 0.577 bits per heavy atom. The maximum absolute atomic E-state index is 2.45. The van der Waals surface area contributed by atoms with Gasteiger partial charge in [-0.1, -0.05) is 161 Å². The van der Waals surface area contributed by atoms with E-state index in [0.717, 1.165) is 0 Å². The maximum atomic E-state index is 2.45. The van der Waals surface area contributed by atoms with Crippen molar-refractivity contribution < 1.29 is 0 Å². The van der Waals surface area contributed by atoms with Gasteiger partial charge in [-0.2, -0.15) is 0 Å². The molecule has 0 saturated heterocycles. The minimum absolute atomic E-state index is 0.0412. The van der Waals surface area contributed by atoms with Gasteiger partial charge >= 0.3 is 0 Å². The molecule has 0 aromatic heterocycles. The topological polar surface area (TPSA) is 0 Å². The molecule has 0 rings (SSSR count). The van der Waals surface area contributed by atoms with Crippen molar-refractivity contribution in [3.05, 3.63) is 0 Å². The molecule has 0 fully saturated rings. The van der Waals surface area contributed by atoms with E-state index in [0.29, 0.717) is 0 Å². The molecular weight excluding hydrogens is 328 g/mol. The van der Waals surface area contributed by atoms with E-state index in [1.165, 1.54) is 141 Å². The summed E-state index contributed by atoms with van der Waals surface area (Å²) in [4.78, 5) is 0. The first-order chi connectivity index (χ1) is 12.8. The number of hydrogen-bond acceptors (Lipinski definition) is 0. The lowest BCUT2D eigenvalue weighted by molar-refractivity contribution is 0.521. The highest BCUT2D eigenvalue weighted by atomic mass is 28.3. The lowest BCUT2D eigenvalue weighted by Crippen LogP contribution is -1.97. The molecule has 0 atom stereocenters. The van der Waals surface area contributed by atoms with Gasteiger partial charge in [0, 0.05) is 8.80 Å². The molecule has 0 bridgehead atoms. The second kappa shape index (κ2) is 23.3. The highest BCUT2D eigenvalue weighted by Crippen LogP contribution is 2.15. The smallest absolute Gasteiger partial charge is 0.0412 e. The zero-order valence-corrected chi connectivity index (χ0v) is 20.1. The van der Waals surface area contributed by atoms with Crippen LogP contribution in [-0.2, 0) is 0 Å². The van der Waals surface area contributed by atoms with Crippen LogP contribution in [0.2, 0.25) is 19.1 Å². The Morgan fingerprint density at radius 1 is 0.346 bits per heavy atom. The second-order valence-electron chi connectivity index (χ2n) is 9.03. The van der Waals surface area contributed by atoms with Gasteiger partial charge in [0.15, 0.2) is 0 Å². The minimum atomic E-state index is 0.0412. The summed E-state index contributed by atoms with van der Waals surface area (Å²) >= 11 is 0. The molecule has 0 saturated carbocycles.